The highest BCUT2D eigenvalue weighted by molar-refractivity contribution is 5.78. The zero-order valence-electron chi connectivity index (χ0n) is 12.1. The van der Waals surface area contributed by atoms with Crippen molar-refractivity contribution >= 4 is 5.96 Å². The third kappa shape index (κ3) is 3.03. The zero-order valence-corrected chi connectivity index (χ0v) is 12.1. The number of piperidine rings is 1. The van der Waals surface area contributed by atoms with E-state index in [0.717, 1.165) is 31.5 Å². The van der Waals surface area contributed by atoms with Crippen LogP contribution in [0.2, 0.25) is 0 Å². The van der Waals surface area contributed by atoms with E-state index in [9.17, 15) is 0 Å². The Balaban J connectivity index is 1.51. The minimum Gasteiger partial charge on any atom is -0.370 e. The molecule has 1 atom stereocenters. The lowest BCUT2D eigenvalue weighted by molar-refractivity contribution is 0.0173. The van der Waals surface area contributed by atoms with Gasteiger partial charge in [-0.2, -0.15) is 0 Å². The molecule has 4 fully saturated rings. The van der Waals surface area contributed by atoms with Gasteiger partial charge in [-0.25, -0.2) is 0 Å². The first-order valence-electron chi connectivity index (χ1n) is 7.73. The Bertz CT molecular complexity index is 327. The Hall–Kier alpha value is -0.810. The van der Waals surface area contributed by atoms with E-state index in [-0.39, 0.29) is 0 Å². The standard InChI is InChI=1S/C14H27N5/c1-12-2-4-19(5-3-12)14(15)16-10-13-11-17-6-8-18(13)9-7-17/h12-13H,2-11H2,1H3,(H2,15,16). The van der Waals surface area contributed by atoms with Crippen LogP contribution in [0.15, 0.2) is 4.99 Å². The molecule has 0 amide bonds. The molecule has 4 rings (SSSR count). The van der Waals surface area contributed by atoms with Gasteiger partial charge >= 0.3 is 0 Å². The van der Waals surface area contributed by atoms with Crippen molar-refractivity contribution in [3.8, 4) is 0 Å². The second-order valence-corrected chi connectivity index (χ2v) is 6.36. The van der Waals surface area contributed by atoms with Gasteiger partial charge in [0.1, 0.15) is 0 Å². The monoisotopic (exact) mass is 265 g/mol. The molecule has 0 radical (unpaired) electrons. The molecule has 0 aromatic heterocycles. The molecule has 0 aliphatic carbocycles. The molecule has 5 nitrogen and oxygen atoms in total. The lowest BCUT2D eigenvalue weighted by atomic mass is 10.00. The van der Waals surface area contributed by atoms with E-state index >= 15 is 0 Å². The molecule has 4 aliphatic rings. The summed E-state index contributed by atoms with van der Waals surface area (Å²) in [6, 6.07) is 0.588. The van der Waals surface area contributed by atoms with Crippen molar-refractivity contribution in [3.63, 3.8) is 0 Å². The normalized spacial score (nSPS) is 36.8. The van der Waals surface area contributed by atoms with Gasteiger partial charge in [0.2, 0.25) is 0 Å². The van der Waals surface area contributed by atoms with Crippen LogP contribution in [-0.4, -0.2) is 79.1 Å². The third-order valence-corrected chi connectivity index (χ3v) is 4.96. The number of nitrogens with two attached hydrogens (primary N) is 1. The van der Waals surface area contributed by atoms with Crippen LogP contribution in [0.25, 0.3) is 0 Å². The molecule has 2 N–H and O–H groups in total. The van der Waals surface area contributed by atoms with Crippen LogP contribution < -0.4 is 5.73 Å². The largest absolute Gasteiger partial charge is 0.370 e. The highest BCUT2D eigenvalue weighted by atomic mass is 15.4. The fourth-order valence-corrected chi connectivity index (χ4v) is 3.43. The molecular formula is C14H27N5. The van der Waals surface area contributed by atoms with E-state index in [0.29, 0.717) is 6.04 Å². The molecule has 4 saturated heterocycles. The SMILES string of the molecule is CC1CCN(C(N)=NCC2CN3CCN2CC3)CC1. The number of hydrogen-bond donors (Lipinski definition) is 1. The lowest BCUT2D eigenvalue weighted by Gasteiger charge is -2.47. The molecule has 5 heteroatoms. The molecule has 0 spiro atoms. The molecule has 4 heterocycles. The average molecular weight is 265 g/mol. The van der Waals surface area contributed by atoms with E-state index in [1.54, 1.807) is 0 Å². The van der Waals surface area contributed by atoms with Crippen LogP contribution in [0.4, 0.5) is 0 Å². The zero-order chi connectivity index (χ0) is 13.2. The topological polar surface area (TPSA) is 48.1 Å². The molecule has 1 unspecified atom stereocenters. The Labute approximate surface area is 116 Å². The first-order valence-corrected chi connectivity index (χ1v) is 7.73. The highest BCUT2D eigenvalue weighted by Crippen LogP contribution is 2.17. The van der Waals surface area contributed by atoms with E-state index in [1.165, 1.54) is 45.6 Å². The first kappa shape index (κ1) is 13.2. The van der Waals surface area contributed by atoms with Gasteiger partial charge in [0.15, 0.2) is 5.96 Å². The Kier molecular flexibility index (Phi) is 3.93. The third-order valence-electron chi connectivity index (χ3n) is 4.96. The first-order chi connectivity index (χ1) is 9.22. The lowest BCUT2D eigenvalue weighted by Crippen LogP contribution is -2.62. The number of likely N-dealkylation sites (tertiary alicyclic amines) is 1. The number of aliphatic imine (C=N–C) groups is 1. The number of fused-ring (bicyclic) bond motifs is 3. The van der Waals surface area contributed by atoms with Gasteiger partial charge in [-0.15, -0.1) is 0 Å². The van der Waals surface area contributed by atoms with Gasteiger partial charge in [-0.3, -0.25) is 14.8 Å². The number of piperazine rings is 3. The molecule has 2 bridgehead atoms. The summed E-state index contributed by atoms with van der Waals surface area (Å²) >= 11 is 0. The summed E-state index contributed by atoms with van der Waals surface area (Å²) in [7, 11) is 0. The van der Waals surface area contributed by atoms with Crippen molar-refractivity contribution in [2.24, 2.45) is 16.6 Å². The number of guanidine groups is 1. The molecule has 0 saturated carbocycles. The maximum Gasteiger partial charge on any atom is 0.191 e. The summed E-state index contributed by atoms with van der Waals surface area (Å²) in [4.78, 5) is 12.1. The van der Waals surface area contributed by atoms with Gasteiger partial charge in [-0.05, 0) is 18.8 Å². The maximum atomic E-state index is 6.15. The van der Waals surface area contributed by atoms with E-state index in [2.05, 4.69) is 26.6 Å². The van der Waals surface area contributed by atoms with Gasteiger partial charge in [-0.1, -0.05) is 6.92 Å². The van der Waals surface area contributed by atoms with E-state index in [4.69, 9.17) is 5.73 Å². The van der Waals surface area contributed by atoms with Crippen molar-refractivity contribution < 1.29 is 0 Å². The summed E-state index contributed by atoms with van der Waals surface area (Å²) in [5.41, 5.74) is 6.15. The minimum atomic E-state index is 0.588. The van der Waals surface area contributed by atoms with Crippen LogP contribution >= 0.6 is 0 Å². The second kappa shape index (κ2) is 5.67. The quantitative estimate of drug-likeness (QED) is 0.565. The predicted octanol–water partition coefficient (Wildman–Crippen LogP) is 0.0328. The molecule has 108 valence electrons. The Morgan fingerprint density at radius 3 is 2.37 bits per heavy atom. The van der Waals surface area contributed by atoms with Crippen molar-refractivity contribution in [1.29, 1.82) is 0 Å². The minimum absolute atomic E-state index is 0.588. The molecule has 0 aromatic rings. The number of nitrogens with zero attached hydrogens (tertiary/aromatic N) is 4. The Morgan fingerprint density at radius 1 is 1.11 bits per heavy atom. The number of hydrogen-bond acceptors (Lipinski definition) is 3. The van der Waals surface area contributed by atoms with Gasteiger partial charge in [0.05, 0.1) is 6.54 Å². The molecule has 4 aliphatic heterocycles. The van der Waals surface area contributed by atoms with Crippen LogP contribution in [0.1, 0.15) is 19.8 Å². The fourth-order valence-electron chi connectivity index (χ4n) is 3.43. The van der Waals surface area contributed by atoms with E-state index < -0.39 is 0 Å². The van der Waals surface area contributed by atoms with Crippen molar-refractivity contribution in [2.45, 2.75) is 25.8 Å². The van der Waals surface area contributed by atoms with Crippen LogP contribution in [0.5, 0.6) is 0 Å². The predicted molar refractivity (Wildman–Crippen MR) is 78.3 cm³/mol. The highest BCUT2D eigenvalue weighted by Gasteiger charge is 2.31. The van der Waals surface area contributed by atoms with Gasteiger partial charge in [0.25, 0.3) is 0 Å². The van der Waals surface area contributed by atoms with Crippen molar-refractivity contribution in [1.82, 2.24) is 14.7 Å². The maximum absolute atomic E-state index is 6.15. The van der Waals surface area contributed by atoms with Crippen molar-refractivity contribution in [2.75, 3.05) is 52.4 Å². The summed E-state index contributed by atoms with van der Waals surface area (Å²) in [5.74, 6) is 1.61. The smallest absolute Gasteiger partial charge is 0.191 e. The van der Waals surface area contributed by atoms with Crippen LogP contribution in [0.3, 0.4) is 0 Å². The average Bonchev–Trinajstić information content (AvgIpc) is 2.47. The molecule has 0 aromatic carbocycles. The number of rotatable bonds is 2. The summed E-state index contributed by atoms with van der Waals surface area (Å²) in [6.45, 7) is 11.4. The van der Waals surface area contributed by atoms with Crippen LogP contribution in [-0.2, 0) is 0 Å². The fraction of sp³-hybridized carbons (Fsp3) is 0.929. The molecular weight excluding hydrogens is 238 g/mol. The second-order valence-electron chi connectivity index (χ2n) is 6.36. The Morgan fingerprint density at radius 2 is 1.79 bits per heavy atom. The summed E-state index contributed by atoms with van der Waals surface area (Å²) < 4.78 is 0. The van der Waals surface area contributed by atoms with Gasteiger partial charge < -0.3 is 10.6 Å². The van der Waals surface area contributed by atoms with E-state index in [1.807, 2.05) is 0 Å². The van der Waals surface area contributed by atoms with Crippen molar-refractivity contribution in [3.05, 3.63) is 0 Å². The molecule has 19 heavy (non-hydrogen) atoms. The van der Waals surface area contributed by atoms with Crippen LogP contribution in [0, 0.1) is 5.92 Å². The summed E-state index contributed by atoms with van der Waals surface area (Å²) in [5, 5.41) is 0. The summed E-state index contributed by atoms with van der Waals surface area (Å²) in [6.07, 6.45) is 2.50. The van der Waals surface area contributed by atoms with Gasteiger partial charge in [0, 0.05) is 51.9 Å².